The van der Waals surface area contributed by atoms with Crippen molar-refractivity contribution < 1.29 is 4.79 Å². The molecule has 0 atom stereocenters. The average molecular weight is 427 g/mol. The SMILES string of the molecule is Cc1scc(-c2nnc(SCC(=O)Nc3ccc(Cl)cc3Cl)n2C)c1C. The lowest BCUT2D eigenvalue weighted by molar-refractivity contribution is -0.113. The first-order valence-electron chi connectivity index (χ1n) is 7.69. The number of anilines is 1. The molecule has 26 heavy (non-hydrogen) atoms. The fourth-order valence-electron chi connectivity index (χ4n) is 2.32. The van der Waals surface area contributed by atoms with Crippen LogP contribution < -0.4 is 5.32 Å². The first kappa shape index (κ1) is 19.2. The van der Waals surface area contributed by atoms with Gasteiger partial charge in [-0.3, -0.25) is 4.79 Å². The first-order valence-corrected chi connectivity index (χ1v) is 10.3. The van der Waals surface area contributed by atoms with Crippen LogP contribution in [0.4, 0.5) is 5.69 Å². The Morgan fingerprint density at radius 2 is 2.08 bits per heavy atom. The number of hydrogen-bond donors (Lipinski definition) is 1. The molecule has 0 saturated carbocycles. The molecule has 9 heteroatoms. The quantitative estimate of drug-likeness (QED) is 0.569. The molecular weight excluding hydrogens is 411 g/mol. The van der Waals surface area contributed by atoms with Gasteiger partial charge in [-0.15, -0.1) is 21.5 Å². The number of thioether (sulfide) groups is 1. The summed E-state index contributed by atoms with van der Waals surface area (Å²) in [4.78, 5) is 13.4. The molecule has 2 heterocycles. The molecule has 0 fully saturated rings. The van der Waals surface area contributed by atoms with Gasteiger partial charge in [-0.25, -0.2) is 0 Å². The molecule has 136 valence electrons. The number of nitrogens with one attached hydrogen (secondary N) is 1. The molecule has 0 aliphatic carbocycles. The van der Waals surface area contributed by atoms with E-state index in [0.29, 0.717) is 20.9 Å². The zero-order valence-corrected chi connectivity index (χ0v) is 17.5. The second-order valence-electron chi connectivity index (χ2n) is 5.66. The highest BCUT2D eigenvalue weighted by molar-refractivity contribution is 7.99. The van der Waals surface area contributed by atoms with E-state index in [2.05, 4.69) is 34.7 Å². The van der Waals surface area contributed by atoms with Crippen LogP contribution in [0.15, 0.2) is 28.7 Å². The minimum Gasteiger partial charge on any atom is -0.324 e. The van der Waals surface area contributed by atoms with Crippen molar-refractivity contribution in [3.05, 3.63) is 44.1 Å². The Morgan fingerprint density at radius 1 is 1.31 bits per heavy atom. The van der Waals surface area contributed by atoms with Crippen LogP contribution in [0.3, 0.4) is 0 Å². The number of halogens is 2. The maximum absolute atomic E-state index is 12.2. The molecule has 0 unspecified atom stereocenters. The lowest BCUT2D eigenvalue weighted by Gasteiger charge is -2.07. The molecule has 2 aromatic heterocycles. The van der Waals surface area contributed by atoms with Gasteiger partial charge in [-0.1, -0.05) is 35.0 Å². The zero-order valence-electron chi connectivity index (χ0n) is 14.3. The van der Waals surface area contributed by atoms with E-state index >= 15 is 0 Å². The molecule has 0 spiro atoms. The number of rotatable bonds is 5. The standard InChI is InChI=1S/C17H16Cl2N4OS2/c1-9-10(2)25-7-12(9)16-21-22-17(23(16)3)26-8-15(24)20-14-5-4-11(18)6-13(14)19/h4-7H,8H2,1-3H3,(H,20,24). The molecule has 1 N–H and O–H groups in total. The van der Waals surface area contributed by atoms with Gasteiger partial charge in [0.1, 0.15) is 0 Å². The van der Waals surface area contributed by atoms with Gasteiger partial charge in [0.25, 0.3) is 0 Å². The van der Waals surface area contributed by atoms with E-state index in [4.69, 9.17) is 23.2 Å². The molecule has 0 bridgehead atoms. The van der Waals surface area contributed by atoms with Crippen molar-refractivity contribution in [3.8, 4) is 11.4 Å². The number of benzene rings is 1. The summed E-state index contributed by atoms with van der Waals surface area (Å²) in [5.74, 6) is 0.828. The summed E-state index contributed by atoms with van der Waals surface area (Å²) in [6.45, 7) is 4.16. The Bertz CT molecular complexity index is 968. The highest BCUT2D eigenvalue weighted by atomic mass is 35.5. The van der Waals surface area contributed by atoms with E-state index < -0.39 is 0 Å². The fraction of sp³-hybridized carbons (Fsp3) is 0.235. The second kappa shape index (κ2) is 8.00. The summed E-state index contributed by atoms with van der Waals surface area (Å²) in [6.07, 6.45) is 0. The Balaban J connectivity index is 1.67. The zero-order chi connectivity index (χ0) is 18.8. The predicted molar refractivity (Wildman–Crippen MR) is 110 cm³/mol. The molecule has 3 aromatic rings. The molecule has 0 radical (unpaired) electrons. The van der Waals surface area contributed by atoms with Gasteiger partial charge in [0.2, 0.25) is 5.91 Å². The Kier molecular flexibility index (Phi) is 5.92. The van der Waals surface area contributed by atoms with Crippen LogP contribution in [0.5, 0.6) is 0 Å². The van der Waals surface area contributed by atoms with Crippen LogP contribution in [0.1, 0.15) is 10.4 Å². The number of hydrogen-bond acceptors (Lipinski definition) is 5. The molecule has 5 nitrogen and oxygen atoms in total. The molecule has 0 aliphatic rings. The van der Waals surface area contributed by atoms with Gasteiger partial charge < -0.3 is 9.88 Å². The number of nitrogens with zero attached hydrogens (tertiary/aromatic N) is 3. The normalized spacial score (nSPS) is 11.0. The molecule has 3 rings (SSSR count). The van der Waals surface area contributed by atoms with Crippen LogP contribution >= 0.6 is 46.3 Å². The fourth-order valence-corrected chi connectivity index (χ4v) is 4.35. The van der Waals surface area contributed by atoms with E-state index in [1.54, 1.807) is 29.5 Å². The molecule has 1 aromatic carbocycles. The van der Waals surface area contributed by atoms with Crippen LogP contribution in [-0.2, 0) is 11.8 Å². The molecule has 0 aliphatic heterocycles. The monoisotopic (exact) mass is 426 g/mol. The van der Waals surface area contributed by atoms with Crippen molar-refractivity contribution in [2.45, 2.75) is 19.0 Å². The van der Waals surface area contributed by atoms with E-state index in [0.717, 1.165) is 11.4 Å². The van der Waals surface area contributed by atoms with Crippen LogP contribution in [0, 0.1) is 13.8 Å². The predicted octanol–water partition coefficient (Wildman–Crippen LogP) is 5.20. The highest BCUT2D eigenvalue weighted by Gasteiger charge is 2.16. The van der Waals surface area contributed by atoms with Crippen LogP contribution in [0.2, 0.25) is 10.0 Å². The average Bonchev–Trinajstić information content (AvgIpc) is 3.11. The van der Waals surface area contributed by atoms with Crippen LogP contribution in [-0.4, -0.2) is 26.4 Å². The maximum atomic E-state index is 12.2. The molecular formula is C17H16Cl2N4OS2. The lowest BCUT2D eigenvalue weighted by Crippen LogP contribution is -2.14. The van der Waals surface area contributed by atoms with E-state index in [-0.39, 0.29) is 11.7 Å². The van der Waals surface area contributed by atoms with Crippen molar-refractivity contribution >= 4 is 57.9 Å². The van der Waals surface area contributed by atoms with Gasteiger partial charge in [0.15, 0.2) is 11.0 Å². The van der Waals surface area contributed by atoms with Gasteiger partial charge >= 0.3 is 0 Å². The number of aryl methyl sites for hydroxylation is 1. The van der Waals surface area contributed by atoms with Gasteiger partial charge in [-0.2, -0.15) is 0 Å². The molecule has 0 saturated heterocycles. The summed E-state index contributed by atoms with van der Waals surface area (Å²) < 4.78 is 1.90. The van der Waals surface area contributed by atoms with Crippen molar-refractivity contribution in [2.75, 3.05) is 11.1 Å². The van der Waals surface area contributed by atoms with Gasteiger partial charge in [0.05, 0.1) is 16.5 Å². The third-order valence-corrected chi connectivity index (χ3v) is 6.48. The highest BCUT2D eigenvalue weighted by Crippen LogP contribution is 2.31. The second-order valence-corrected chi connectivity index (χ2v) is 8.53. The summed E-state index contributed by atoms with van der Waals surface area (Å²) in [7, 11) is 1.90. The van der Waals surface area contributed by atoms with Crippen molar-refractivity contribution in [2.24, 2.45) is 7.05 Å². The van der Waals surface area contributed by atoms with Crippen molar-refractivity contribution in [1.29, 1.82) is 0 Å². The third kappa shape index (κ3) is 4.06. The van der Waals surface area contributed by atoms with Crippen molar-refractivity contribution in [1.82, 2.24) is 14.8 Å². The van der Waals surface area contributed by atoms with Crippen LogP contribution in [0.25, 0.3) is 11.4 Å². The number of aromatic nitrogens is 3. The minimum atomic E-state index is -0.175. The third-order valence-electron chi connectivity index (χ3n) is 3.90. The van der Waals surface area contributed by atoms with E-state index in [1.807, 2.05) is 11.6 Å². The largest absolute Gasteiger partial charge is 0.324 e. The number of amides is 1. The Hall–Kier alpha value is -1.54. The van der Waals surface area contributed by atoms with E-state index in [9.17, 15) is 4.79 Å². The lowest BCUT2D eigenvalue weighted by atomic mass is 10.2. The number of carbonyl (C=O) groups excluding carboxylic acids is 1. The van der Waals surface area contributed by atoms with Gasteiger partial charge in [-0.05, 0) is 37.6 Å². The Morgan fingerprint density at radius 3 is 2.73 bits per heavy atom. The minimum absolute atomic E-state index is 0.175. The summed E-state index contributed by atoms with van der Waals surface area (Å²) in [6, 6.07) is 4.94. The van der Waals surface area contributed by atoms with E-state index in [1.165, 1.54) is 22.2 Å². The first-order chi connectivity index (χ1) is 12.4. The summed E-state index contributed by atoms with van der Waals surface area (Å²) >= 11 is 14.9. The number of thiophene rings is 1. The topological polar surface area (TPSA) is 59.8 Å². The maximum Gasteiger partial charge on any atom is 0.234 e. The summed E-state index contributed by atoms with van der Waals surface area (Å²) in [5.41, 5.74) is 2.81. The smallest absolute Gasteiger partial charge is 0.234 e. The molecule has 1 amide bonds. The summed E-state index contributed by atoms with van der Waals surface area (Å²) in [5, 5.41) is 14.9. The number of carbonyl (C=O) groups is 1. The van der Waals surface area contributed by atoms with Crippen molar-refractivity contribution in [3.63, 3.8) is 0 Å². The Labute approximate surface area is 169 Å². The van der Waals surface area contributed by atoms with Gasteiger partial charge in [0, 0.05) is 27.9 Å².